The maximum atomic E-state index is 11.9. The van der Waals surface area contributed by atoms with Gasteiger partial charge in [-0.1, -0.05) is 50.0 Å². The van der Waals surface area contributed by atoms with Crippen LogP contribution in [0.25, 0.3) is 0 Å². The highest BCUT2D eigenvalue weighted by Crippen LogP contribution is 2.40. The zero-order chi connectivity index (χ0) is 22.7. The molecule has 1 aromatic rings. The van der Waals surface area contributed by atoms with Crippen LogP contribution in [0.4, 0.5) is 4.79 Å². The predicted molar refractivity (Wildman–Crippen MR) is 113 cm³/mol. The van der Waals surface area contributed by atoms with Gasteiger partial charge < -0.3 is 29.9 Å². The van der Waals surface area contributed by atoms with Crippen molar-refractivity contribution >= 4 is 35.2 Å². The Bertz CT molecular complexity index is 785. The summed E-state index contributed by atoms with van der Waals surface area (Å²) in [6, 6.07) is 4.82. The van der Waals surface area contributed by atoms with E-state index in [9.17, 15) is 19.8 Å². The maximum Gasteiger partial charge on any atom is 0.407 e. The topological polar surface area (TPSA) is 108 Å². The second kappa shape index (κ2) is 9.70. The van der Waals surface area contributed by atoms with E-state index in [1.807, 2.05) is 20.8 Å². The third kappa shape index (κ3) is 5.98. The summed E-state index contributed by atoms with van der Waals surface area (Å²) >= 11 is 12.2. The highest BCUT2D eigenvalue weighted by atomic mass is 35.5. The van der Waals surface area contributed by atoms with Gasteiger partial charge in [-0.25, -0.2) is 4.79 Å². The van der Waals surface area contributed by atoms with E-state index in [1.165, 1.54) is 7.11 Å². The maximum absolute atomic E-state index is 11.9. The van der Waals surface area contributed by atoms with Crippen LogP contribution in [-0.4, -0.2) is 72.2 Å². The molecular weight excluding hydrogens is 435 g/mol. The standard InChI is InChI=1S/C20H28Cl2N2O6/c1-19(2,3)15-8-24(18(26)27)11-20(28,10-23-16(25)9-29-4)17(30-15)12-5-6-13(21)14(22)7-12/h5-7,15,17,28H,8-11H2,1-4H3,(H,23,25)(H,26,27)/t15-,17-,20-/m0/s1. The lowest BCUT2D eigenvalue weighted by molar-refractivity contribution is -0.144. The minimum Gasteiger partial charge on any atom is -0.465 e. The first kappa shape index (κ1) is 24.7. The van der Waals surface area contributed by atoms with E-state index >= 15 is 0 Å². The van der Waals surface area contributed by atoms with Crippen molar-refractivity contribution in [1.29, 1.82) is 0 Å². The third-order valence-corrected chi connectivity index (χ3v) is 5.73. The van der Waals surface area contributed by atoms with Crippen LogP contribution in [-0.2, 0) is 14.3 Å². The Labute approximate surface area is 186 Å². The summed E-state index contributed by atoms with van der Waals surface area (Å²) in [6.45, 7) is 5.12. The number of benzene rings is 1. The molecule has 1 aliphatic heterocycles. The molecule has 30 heavy (non-hydrogen) atoms. The number of amides is 2. The number of aliphatic hydroxyl groups is 1. The molecule has 1 aromatic carbocycles. The molecule has 0 aromatic heterocycles. The molecule has 3 atom stereocenters. The quantitative estimate of drug-likeness (QED) is 0.620. The fourth-order valence-electron chi connectivity index (χ4n) is 3.28. The Morgan fingerprint density at radius 2 is 2.00 bits per heavy atom. The van der Waals surface area contributed by atoms with Gasteiger partial charge in [0.2, 0.25) is 5.91 Å². The molecule has 2 amide bonds. The fraction of sp³-hybridized carbons (Fsp3) is 0.600. The van der Waals surface area contributed by atoms with Crippen LogP contribution in [0.5, 0.6) is 0 Å². The average Bonchev–Trinajstić information content (AvgIpc) is 2.80. The van der Waals surface area contributed by atoms with Gasteiger partial charge in [-0.05, 0) is 23.1 Å². The minimum atomic E-state index is -1.76. The summed E-state index contributed by atoms with van der Waals surface area (Å²) in [5.74, 6) is -0.447. The number of hydrogen-bond acceptors (Lipinski definition) is 5. The summed E-state index contributed by atoms with van der Waals surface area (Å²) in [4.78, 5) is 24.9. The summed E-state index contributed by atoms with van der Waals surface area (Å²) in [5.41, 5.74) is -1.67. The summed E-state index contributed by atoms with van der Waals surface area (Å²) in [6.07, 6.45) is -2.69. The first-order chi connectivity index (χ1) is 13.9. The van der Waals surface area contributed by atoms with Gasteiger partial charge in [0, 0.05) is 7.11 Å². The number of carbonyl (C=O) groups excluding carboxylic acids is 1. The first-order valence-electron chi connectivity index (χ1n) is 9.43. The van der Waals surface area contributed by atoms with E-state index in [0.717, 1.165) is 4.90 Å². The number of hydrogen-bond donors (Lipinski definition) is 3. The van der Waals surface area contributed by atoms with Gasteiger partial charge in [-0.3, -0.25) is 4.79 Å². The minimum absolute atomic E-state index is 0.0605. The highest BCUT2D eigenvalue weighted by molar-refractivity contribution is 6.42. The molecule has 0 radical (unpaired) electrons. The van der Waals surface area contributed by atoms with E-state index in [0.29, 0.717) is 10.6 Å². The van der Waals surface area contributed by atoms with E-state index in [1.54, 1.807) is 18.2 Å². The molecule has 0 unspecified atom stereocenters. The molecule has 1 fully saturated rings. The van der Waals surface area contributed by atoms with Crippen molar-refractivity contribution in [2.24, 2.45) is 5.41 Å². The lowest BCUT2D eigenvalue weighted by Gasteiger charge is -2.38. The second-order valence-electron chi connectivity index (χ2n) is 8.52. The van der Waals surface area contributed by atoms with E-state index in [-0.39, 0.29) is 31.3 Å². The molecule has 8 nitrogen and oxygen atoms in total. The number of nitrogens with zero attached hydrogens (tertiary/aromatic N) is 1. The number of ether oxygens (including phenoxy) is 2. The Balaban J connectivity index is 2.51. The smallest absolute Gasteiger partial charge is 0.407 e. The number of halogens is 2. The normalized spacial score (nSPS) is 25.0. The number of methoxy groups -OCH3 is 1. The van der Waals surface area contributed by atoms with Crippen molar-refractivity contribution in [1.82, 2.24) is 10.2 Å². The van der Waals surface area contributed by atoms with Crippen LogP contribution in [0.3, 0.4) is 0 Å². The number of nitrogens with one attached hydrogen (secondary N) is 1. The van der Waals surface area contributed by atoms with E-state index < -0.39 is 35.2 Å². The van der Waals surface area contributed by atoms with Crippen LogP contribution in [0.1, 0.15) is 32.4 Å². The lowest BCUT2D eigenvalue weighted by atomic mass is 9.88. The van der Waals surface area contributed by atoms with Gasteiger partial charge in [-0.2, -0.15) is 0 Å². The Morgan fingerprint density at radius 1 is 1.33 bits per heavy atom. The largest absolute Gasteiger partial charge is 0.465 e. The van der Waals surface area contributed by atoms with Crippen LogP contribution < -0.4 is 5.32 Å². The number of rotatable bonds is 5. The van der Waals surface area contributed by atoms with Crippen LogP contribution in [0, 0.1) is 5.41 Å². The molecule has 10 heteroatoms. The highest BCUT2D eigenvalue weighted by Gasteiger charge is 2.48. The molecule has 0 spiro atoms. The van der Waals surface area contributed by atoms with Gasteiger partial charge in [-0.15, -0.1) is 0 Å². The number of carboxylic acid groups (broad SMARTS) is 1. The van der Waals surface area contributed by atoms with E-state index in [4.69, 9.17) is 32.7 Å². The Morgan fingerprint density at radius 3 is 2.53 bits per heavy atom. The monoisotopic (exact) mass is 462 g/mol. The van der Waals surface area contributed by atoms with Crippen molar-refractivity contribution < 1.29 is 29.3 Å². The Hall–Kier alpha value is -1.58. The van der Waals surface area contributed by atoms with Crippen molar-refractivity contribution in [3.05, 3.63) is 33.8 Å². The van der Waals surface area contributed by atoms with Crippen molar-refractivity contribution in [2.45, 2.75) is 38.6 Å². The molecule has 3 N–H and O–H groups in total. The van der Waals surface area contributed by atoms with Crippen LogP contribution in [0.15, 0.2) is 18.2 Å². The summed E-state index contributed by atoms with van der Waals surface area (Å²) < 4.78 is 11.1. The van der Waals surface area contributed by atoms with Gasteiger partial charge in [0.05, 0.1) is 35.8 Å². The molecule has 0 saturated carbocycles. The molecule has 1 aliphatic rings. The predicted octanol–water partition coefficient (Wildman–Crippen LogP) is 2.95. The lowest BCUT2D eigenvalue weighted by Crippen LogP contribution is -2.54. The molecule has 1 heterocycles. The number of carbonyl (C=O) groups is 2. The summed E-state index contributed by atoms with van der Waals surface area (Å²) in [7, 11) is 1.38. The van der Waals surface area contributed by atoms with Gasteiger partial charge in [0.25, 0.3) is 0 Å². The van der Waals surface area contributed by atoms with Gasteiger partial charge in [0.1, 0.15) is 18.3 Å². The van der Waals surface area contributed by atoms with Crippen molar-refractivity contribution in [3.63, 3.8) is 0 Å². The van der Waals surface area contributed by atoms with Crippen molar-refractivity contribution in [2.75, 3.05) is 33.4 Å². The molecule has 1 saturated heterocycles. The first-order valence-corrected chi connectivity index (χ1v) is 10.2. The van der Waals surface area contributed by atoms with Gasteiger partial charge >= 0.3 is 6.09 Å². The molecule has 0 aliphatic carbocycles. The zero-order valence-electron chi connectivity index (χ0n) is 17.4. The summed E-state index contributed by atoms with van der Waals surface area (Å²) in [5, 5.41) is 24.5. The zero-order valence-corrected chi connectivity index (χ0v) is 19.0. The molecule has 0 bridgehead atoms. The SMILES string of the molecule is COCC(=O)NC[C@]1(O)CN(C(=O)O)C[C@@H](C(C)(C)C)O[C@H]1c1ccc(Cl)c(Cl)c1. The Kier molecular flexibility index (Phi) is 7.98. The molecule has 2 rings (SSSR count). The number of β-amino-alcohol motifs (C(OH)–C–C–N with tert-alkyl or cyclic N) is 1. The van der Waals surface area contributed by atoms with Crippen LogP contribution in [0.2, 0.25) is 10.0 Å². The molecular formula is C20H28Cl2N2O6. The van der Waals surface area contributed by atoms with Crippen molar-refractivity contribution in [3.8, 4) is 0 Å². The van der Waals surface area contributed by atoms with Gasteiger partial charge in [0.15, 0.2) is 0 Å². The van der Waals surface area contributed by atoms with Crippen LogP contribution >= 0.6 is 23.2 Å². The third-order valence-electron chi connectivity index (χ3n) is 4.99. The molecule has 168 valence electrons. The second-order valence-corrected chi connectivity index (χ2v) is 9.34. The van der Waals surface area contributed by atoms with E-state index in [2.05, 4.69) is 5.32 Å². The average molecular weight is 463 g/mol. The fourth-order valence-corrected chi connectivity index (χ4v) is 3.59.